The summed E-state index contributed by atoms with van der Waals surface area (Å²) in [4.78, 5) is 16.6. The van der Waals surface area contributed by atoms with Crippen molar-refractivity contribution < 1.29 is 4.79 Å². The van der Waals surface area contributed by atoms with Crippen LogP contribution in [0.1, 0.15) is 18.2 Å². The van der Waals surface area contributed by atoms with Gasteiger partial charge in [0.25, 0.3) is 0 Å². The van der Waals surface area contributed by atoms with E-state index in [-0.39, 0.29) is 11.2 Å². The molecule has 0 aliphatic heterocycles. The summed E-state index contributed by atoms with van der Waals surface area (Å²) in [6.45, 7) is 5.79. The first-order valence-corrected chi connectivity index (χ1v) is 9.56. The van der Waals surface area contributed by atoms with Crippen LogP contribution in [-0.2, 0) is 11.8 Å². The first-order chi connectivity index (χ1) is 11.9. The largest absolute Gasteiger partial charge is 0.305 e. The van der Waals surface area contributed by atoms with Gasteiger partial charge in [-0.15, -0.1) is 21.5 Å². The molecule has 1 amide bonds. The number of hydrogen-bond acceptors (Lipinski definition) is 6. The summed E-state index contributed by atoms with van der Waals surface area (Å²) in [7, 11) is 1.91. The molecule has 0 spiro atoms. The van der Waals surface area contributed by atoms with Crippen LogP contribution in [0.5, 0.6) is 0 Å². The van der Waals surface area contributed by atoms with Crippen LogP contribution < -0.4 is 5.32 Å². The Balaban J connectivity index is 1.70. The fourth-order valence-electron chi connectivity index (χ4n) is 2.20. The molecule has 1 unspecified atom stereocenters. The van der Waals surface area contributed by atoms with Gasteiger partial charge in [0.05, 0.1) is 10.9 Å². The standard InChI is InChI=1S/C17H19N5OS2/c1-10-5-7-13(8-6-10)14-20-21-17(22(14)4)25-12(3)15(23)19-16-18-11(2)9-24-16/h5-9,12H,1-4H3,(H,18,19,23). The van der Waals surface area contributed by atoms with Gasteiger partial charge < -0.3 is 9.88 Å². The van der Waals surface area contributed by atoms with Gasteiger partial charge >= 0.3 is 0 Å². The highest BCUT2D eigenvalue weighted by Crippen LogP contribution is 2.26. The Hall–Kier alpha value is -2.19. The number of hydrogen-bond donors (Lipinski definition) is 1. The van der Waals surface area contributed by atoms with Crippen molar-refractivity contribution in [3.05, 3.63) is 40.9 Å². The van der Waals surface area contributed by atoms with Crippen LogP contribution in [0, 0.1) is 13.8 Å². The highest BCUT2D eigenvalue weighted by atomic mass is 32.2. The minimum absolute atomic E-state index is 0.0979. The second-order valence-electron chi connectivity index (χ2n) is 5.77. The zero-order valence-corrected chi connectivity index (χ0v) is 16.1. The lowest BCUT2D eigenvalue weighted by Crippen LogP contribution is -2.22. The molecule has 1 N–H and O–H groups in total. The van der Waals surface area contributed by atoms with E-state index < -0.39 is 0 Å². The van der Waals surface area contributed by atoms with E-state index in [2.05, 4.69) is 20.5 Å². The summed E-state index contributed by atoms with van der Waals surface area (Å²) in [5, 5.41) is 14.3. The number of nitrogens with zero attached hydrogens (tertiary/aromatic N) is 4. The minimum Gasteiger partial charge on any atom is -0.305 e. The maximum atomic E-state index is 12.3. The molecule has 1 aromatic carbocycles. The minimum atomic E-state index is -0.307. The number of anilines is 1. The van der Waals surface area contributed by atoms with Gasteiger partial charge in [-0.3, -0.25) is 4.79 Å². The van der Waals surface area contributed by atoms with Crippen LogP contribution in [-0.4, -0.2) is 30.9 Å². The summed E-state index contributed by atoms with van der Waals surface area (Å²) in [5.74, 6) is 0.685. The molecule has 0 bridgehead atoms. The first-order valence-electron chi connectivity index (χ1n) is 7.80. The molecule has 2 aromatic heterocycles. The predicted molar refractivity (Wildman–Crippen MR) is 102 cm³/mol. The summed E-state index contributed by atoms with van der Waals surface area (Å²) in [6.07, 6.45) is 0. The number of benzene rings is 1. The molecule has 0 aliphatic rings. The van der Waals surface area contributed by atoms with Crippen LogP contribution in [0.2, 0.25) is 0 Å². The highest BCUT2D eigenvalue weighted by Gasteiger charge is 2.20. The van der Waals surface area contributed by atoms with Crippen molar-refractivity contribution in [2.45, 2.75) is 31.2 Å². The summed E-state index contributed by atoms with van der Waals surface area (Å²) in [6, 6.07) is 8.13. The lowest BCUT2D eigenvalue weighted by atomic mass is 10.1. The van der Waals surface area contributed by atoms with Crippen molar-refractivity contribution in [3.8, 4) is 11.4 Å². The van der Waals surface area contributed by atoms with Crippen molar-refractivity contribution in [1.29, 1.82) is 0 Å². The molecule has 6 nitrogen and oxygen atoms in total. The molecule has 0 saturated heterocycles. The molecule has 25 heavy (non-hydrogen) atoms. The summed E-state index contributed by atoms with van der Waals surface area (Å²) < 4.78 is 1.91. The average Bonchev–Trinajstić information content (AvgIpc) is 3.15. The van der Waals surface area contributed by atoms with E-state index >= 15 is 0 Å². The lowest BCUT2D eigenvalue weighted by molar-refractivity contribution is -0.115. The third-order valence-corrected chi connectivity index (χ3v) is 5.65. The molecule has 3 aromatic rings. The third-order valence-electron chi connectivity index (χ3n) is 3.65. The number of carbonyl (C=O) groups excluding carboxylic acids is 1. The number of amides is 1. The van der Waals surface area contributed by atoms with Gasteiger partial charge in [-0.25, -0.2) is 4.98 Å². The SMILES string of the molecule is Cc1ccc(-c2nnc(SC(C)C(=O)Nc3nc(C)cs3)n2C)cc1. The highest BCUT2D eigenvalue weighted by molar-refractivity contribution is 8.00. The molecular weight excluding hydrogens is 354 g/mol. The quantitative estimate of drug-likeness (QED) is 0.691. The average molecular weight is 374 g/mol. The van der Waals surface area contributed by atoms with Crippen LogP contribution in [0.4, 0.5) is 5.13 Å². The van der Waals surface area contributed by atoms with Crippen molar-refractivity contribution in [2.24, 2.45) is 7.05 Å². The lowest BCUT2D eigenvalue weighted by Gasteiger charge is -2.10. The van der Waals surface area contributed by atoms with Crippen molar-refractivity contribution in [1.82, 2.24) is 19.7 Å². The Bertz CT molecular complexity index is 885. The van der Waals surface area contributed by atoms with Gasteiger partial charge in [-0.1, -0.05) is 41.6 Å². The molecule has 1 atom stereocenters. The molecule has 8 heteroatoms. The maximum Gasteiger partial charge on any atom is 0.239 e. The smallest absolute Gasteiger partial charge is 0.239 e. The number of thiazole rings is 1. The molecular formula is C17H19N5OS2. The number of carbonyl (C=O) groups is 1. The van der Waals surface area contributed by atoms with E-state index in [1.165, 1.54) is 28.7 Å². The van der Waals surface area contributed by atoms with E-state index in [4.69, 9.17) is 0 Å². The van der Waals surface area contributed by atoms with Crippen molar-refractivity contribution in [3.63, 3.8) is 0 Å². The zero-order valence-electron chi connectivity index (χ0n) is 14.5. The fraction of sp³-hybridized carbons (Fsp3) is 0.294. The van der Waals surface area contributed by atoms with E-state index in [1.807, 2.05) is 62.0 Å². The van der Waals surface area contributed by atoms with Gasteiger partial charge in [-0.2, -0.15) is 0 Å². The Morgan fingerprint density at radius 1 is 1.24 bits per heavy atom. The normalized spacial score (nSPS) is 12.2. The van der Waals surface area contributed by atoms with E-state index in [0.29, 0.717) is 10.3 Å². The molecule has 0 aliphatic carbocycles. The monoisotopic (exact) mass is 373 g/mol. The molecule has 130 valence electrons. The molecule has 0 saturated carbocycles. The van der Waals surface area contributed by atoms with Crippen molar-refractivity contribution >= 4 is 34.1 Å². The van der Waals surface area contributed by atoms with E-state index in [9.17, 15) is 4.79 Å². The van der Waals surface area contributed by atoms with Gasteiger partial charge in [0.1, 0.15) is 0 Å². The zero-order chi connectivity index (χ0) is 18.0. The summed E-state index contributed by atoms with van der Waals surface area (Å²) in [5.41, 5.74) is 3.10. The van der Waals surface area contributed by atoms with Crippen LogP contribution >= 0.6 is 23.1 Å². The van der Waals surface area contributed by atoms with Crippen LogP contribution in [0.25, 0.3) is 11.4 Å². The van der Waals surface area contributed by atoms with Crippen LogP contribution in [0.3, 0.4) is 0 Å². The van der Waals surface area contributed by atoms with Gasteiger partial charge in [-0.05, 0) is 20.8 Å². The number of thioether (sulfide) groups is 1. The Kier molecular flexibility index (Phi) is 5.19. The van der Waals surface area contributed by atoms with Crippen molar-refractivity contribution in [2.75, 3.05) is 5.32 Å². The van der Waals surface area contributed by atoms with E-state index in [1.54, 1.807) is 0 Å². The Labute approximate surface area is 154 Å². The topological polar surface area (TPSA) is 72.7 Å². The maximum absolute atomic E-state index is 12.3. The van der Waals surface area contributed by atoms with Gasteiger partial charge in [0, 0.05) is 18.0 Å². The number of nitrogens with one attached hydrogen (secondary N) is 1. The number of rotatable bonds is 5. The number of aryl methyl sites for hydroxylation is 2. The fourth-order valence-corrected chi connectivity index (χ4v) is 3.71. The third kappa shape index (κ3) is 4.08. The predicted octanol–water partition coefficient (Wildman–Crippen LogP) is 3.67. The molecule has 2 heterocycles. The van der Waals surface area contributed by atoms with Gasteiger partial charge in [0.2, 0.25) is 5.91 Å². The summed E-state index contributed by atoms with van der Waals surface area (Å²) >= 11 is 2.80. The Morgan fingerprint density at radius 2 is 1.96 bits per heavy atom. The first kappa shape index (κ1) is 17.6. The van der Waals surface area contributed by atoms with E-state index in [0.717, 1.165) is 17.1 Å². The van der Waals surface area contributed by atoms with Gasteiger partial charge in [0.15, 0.2) is 16.1 Å². The Morgan fingerprint density at radius 3 is 2.60 bits per heavy atom. The van der Waals surface area contributed by atoms with Crippen LogP contribution in [0.15, 0.2) is 34.8 Å². The molecule has 0 radical (unpaired) electrons. The second-order valence-corrected chi connectivity index (χ2v) is 7.94. The molecule has 3 rings (SSSR count). The molecule has 0 fully saturated rings. The number of aromatic nitrogens is 4. The second kappa shape index (κ2) is 7.37.